The van der Waals surface area contributed by atoms with Crippen LogP contribution in [0.25, 0.3) is 0 Å². The Kier molecular flexibility index (Phi) is 4.89. The van der Waals surface area contributed by atoms with Gasteiger partial charge in [0.15, 0.2) is 11.6 Å². The number of rotatable bonds is 3. The van der Waals surface area contributed by atoms with Crippen LogP contribution in [0.4, 0.5) is 0 Å². The summed E-state index contributed by atoms with van der Waals surface area (Å²) in [5.74, 6) is 3.03. The number of hydrogen-bond acceptors (Lipinski definition) is 4. The van der Waals surface area contributed by atoms with Gasteiger partial charge in [-0.15, -0.1) is 6.42 Å². The highest BCUT2D eigenvalue weighted by Gasteiger charge is 2.46. The van der Waals surface area contributed by atoms with Crippen molar-refractivity contribution < 1.29 is 14.3 Å². The number of ether oxygens (including phenoxy) is 1. The maximum atomic E-state index is 13.3. The van der Waals surface area contributed by atoms with Crippen molar-refractivity contribution in [1.29, 1.82) is 0 Å². The summed E-state index contributed by atoms with van der Waals surface area (Å²) in [4.78, 5) is 26.6. The third kappa shape index (κ3) is 3.69. The molecular formula is C26H29NO3. The fraction of sp³-hybridized carbons (Fsp3) is 0.462. The summed E-state index contributed by atoms with van der Waals surface area (Å²) >= 11 is 0. The Morgan fingerprint density at radius 1 is 1.00 bits per heavy atom. The zero-order valence-corrected chi connectivity index (χ0v) is 18.2. The van der Waals surface area contributed by atoms with Crippen molar-refractivity contribution in [2.75, 3.05) is 6.61 Å². The first-order valence-electron chi connectivity index (χ1n) is 10.6. The first kappa shape index (κ1) is 20.5. The molecule has 0 amide bonds. The van der Waals surface area contributed by atoms with Gasteiger partial charge in [-0.1, -0.05) is 45.7 Å². The number of carbonyl (C=O) groups is 2. The van der Waals surface area contributed by atoms with Gasteiger partial charge in [0, 0.05) is 41.3 Å². The molecule has 1 aromatic carbocycles. The predicted octanol–water partition coefficient (Wildman–Crippen LogP) is 4.67. The van der Waals surface area contributed by atoms with Crippen molar-refractivity contribution in [3.05, 3.63) is 52.4 Å². The van der Waals surface area contributed by atoms with E-state index in [-0.39, 0.29) is 34.9 Å². The summed E-state index contributed by atoms with van der Waals surface area (Å²) in [6, 6.07) is 7.65. The molecule has 0 atom stereocenters. The summed E-state index contributed by atoms with van der Waals surface area (Å²) in [6.45, 7) is 8.68. The molecule has 2 aliphatic carbocycles. The molecule has 1 N–H and O–H groups in total. The van der Waals surface area contributed by atoms with Crippen LogP contribution in [0.15, 0.2) is 46.8 Å². The van der Waals surface area contributed by atoms with Crippen LogP contribution in [0.5, 0.6) is 5.75 Å². The minimum absolute atomic E-state index is 0.0997. The largest absolute Gasteiger partial charge is 0.481 e. The third-order valence-electron chi connectivity index (χ3n) is 6.23. The SMILES string of the molecule is C#CCOc1cccc(C2C3=C(CC(C)(C)CC3=O)NC3=C2C(=O)CC(C)(C)C3)c1. The lowest BCUT2D eigenvalue weighted by Gasteiger charge is -2.44. The molecular weight excluding hydrogens is 374 g/mol. The average molecular weight is 404 g/mol. The highest BCUT2D eigenvalue weighted by atomic mass is 16.5. The molecule has 30 heavy (non-hydrogen) atoms. The first-order chi connectivity index (χ1) is 14.1. The van der Waals surface area contributed by atoms with Gasteiger partial charge in [-0.25, -0.2) is 0 Å². The van der Waals surface area contributed by atoms with Gasteiger partial charge in [-0.05, 0) is 41.4 Å². The molecule has 4 rings (SSSR count). The maximum absolute atomic E-state index is 13.3. The lowest BCUT2D eigenvalue weighted by molar-refractivity contribution is -0.119. The van der Waals surface area contributed by atoms with Gasteiger partial charge in [0.05, 0.1) is 0 Å². The number of hydrogen-bond donors (Lipinski definition) is 1. The molecule has 0 bridgehead atoms. The molecule has 0 saturated carbocycles. The van der Waals surface area contributed by atoms with E-state index in [0.717, 1.165) is 40.9 Å². The van der Waals surface area contributed by atoms with E-state index in [1.165, 1.54) is 0 Å². The van der Waals surface area contributed by atoms with Gasteiger partial charge in [0.2, 0.25) is 0 Å². The molecule has 0 saturated heterocycles. The van der Waals surface area contributed by atoms with Gasteiger partial charge in [-0.3, -0.25) is 9.59 Å². The molecule has 4 nitrogen and oxygen atoms in total. The molecule has 156 valence electrons. The predicted molar refractivity (Wildman–Crippen MR) is 117 cm³/mol. The maximum Gasteiger partial charge on any atom is 0.162 e. The Labute approximate surface area is 178 Å². The molecule has 1 heterocycles. The minimum Gasteiger partial charge on any atom is -0.481 e. The van der Waals surface area contributed by atoms with E-state index >= 15 is 0 Å². The molecule has 4 heteroatoms. The topological polar surface area (TPSA) is 55.4 Å². The molecule has 1 aromatic rings. The minimum atomic E-state index is -0.349. The van der Waals surface area contributed by atoms with Crippen LogP contribution in [-0.2, 0) is 9.59 Å². The zero-order chi connectivity index (χ0) is 21.7. The van der Waals surface area contributed by atoms with Gasteiger partial charge in [-0.2, -0.15) is 0 Å². The zero-order valence-electron chi connectivity index (χ0n) is 18.2. The van der Waals surface area contributed by atoms with Crippen LogP contribution in [-0.4, -0.2) is 18.2 Å². The number of carbonyl (C=O) groups excluding carboxylic acids is 2. The van der Waals surface area contributed by atoms with E-state index in [9.17, 15) is 9.59 Å². The second-order valence-electron chi connectivity index (χ2n) is 10.3. The van der Waals surface area contributed by atoms with E-state index in [2.05, 4.69) is 38.9 Å². The standard InChI is InChI=1S/C26H29NO3/c1-6-10-30-17-9-7-8-16(11-17)22-23-18(12-25(2,3)14-20(23)28)27-19-13-26(4,5)15-21(29)24(19)22/h1,7-9,11,22,27H,10,12-15H2,2-5H3. The second-order valence-corrected chi connectivity index (χ2v) is 10.3. The van der Waals surface area contributed by atoms with E-state index in [1.54, 1.807) is 0 Å². The van der Waals surface area contributed by atoms with Crippen LogP contribution in [0.3, 0.4) is 0 Å². The number of nitrogens with one attached hydrogen (secondary N) is 1. The van der Waals surface area contributed by atoms with Crippen LogP contribution in [0.1, 0.15) is 64.9 Å². The highest BCUT2D eigenvalue weighted by Crippen LogP contribution is 2.51. The fourth-order valence-corrected chi connectivity index (χ4v) is 5.13. The third-order valence-corrected chi connectivity index (χ3v) is 6.23. The van der Waals surface area contributed by atoms with Crippen molar-refractivity contribution >= 4 is 11.6 Å². The molecule has 0 aromatic heterocycles. The number of terminal acetylenes is 1. The number of dihydropyridines is 1. The monoisotopic (exact) mass is 403 g/mol. The van der Waals surface area contributed by atoms with Crippen LogP contribution < -0.4 is 10.1 Å². The molecule has 0 fully saturated rings. The van der Waals surface area contributed by atoms with Crippen molar-refractivity contribution in [1.82, 2.24) is 5.32 Å². The van der Waals surface area contributed by atoms with E-state index in [0.29, 0.717) is 18.6 Å². The van der Waals surface area contributed by atoms with Crippen LogP contribution >= 0.6 is 0 Å². The lowest BCUT2D eigenvalue weighted by atomic mass is 9.64. The molecule has 0 radical (unpaired) electrons. The van der Waals surface area contributed by atoms with Gasteiger partial charge in [0.1, 0.15) is 12.4 Å². The Balaban J connectivity index is 1.87. The summed E-state index contributed by atoms with van der Waals surface area (Å²) in [7, 11) is 0. The summed E-state index contributed by atoms with van der Waals surface area (Å²) in [6.07, 6.45) is 7.89. The smallest absolute Gasteiger partial charge is 0.162 e. The van der Waals surface area contributed by atoms with Crippen molar-refractivity contribution in [2.45, 2.75) is 59.3 Å². The molecule has 3 aliphatic rings. The Morgan fingerprint density at radius 2 is 1.57 bits per heavy atom. The first-order valence-corrected chi connectivity index (χ1v) is 10.6. The molecule has 1 aliphatic heterocycles. The summed E-state index contributed by atoms with van der Waals surface area (Å²) < 4.78 is 5.62. The number of benzene rings is 1. The summed E-state index contributed by atoms with van der Waals surface area (Å²) in [5.41, 5.74) is 4.15. The van der Waals surface area contributed by atoms with Crippen LogP contribution in [0, 0.1) is 23.2 Å². The molecule has 0 spiro atoms. The van der Waals surface area contributed by atoms with Crippen LogP contribution in [0.2, 0.25) is 0 Å². The van der Waals surface area contributed by atoms with Crippen molar-refractivity contribution in [3.63, 3.8) is 0 Å². The summed E-state index contributed by atoms with van der Waals surface area (Å²) in [5, 5.41) is 3.54. The quantitative estimate of drug-likeness (QED) is 0.745. The average Bonchev–Trinajstić information content (AvgIpc) is 2.63. The Hall–Kier alpha value is -2.80. The van der Waals surface area contributed by atoms with Gasteiger partial charge >= 0.3 is 0 Å². The number of Topliss-reactive ketones (excluding diaryl/α,β-unsaturated/α-hetero) is 2. The normalized spacial score (nSPS) is 22.8. The van der Waals surface area contributed by atoms with Gasteiger partial charge < -0.3 is 10.1 Å². The number of allylic oxidation sites excluding steroid dienone is 4. The fourth-order valence-electron chi connectivity index (χ4n) is 5.13. The van der Waals surface area contributed by atoms with Crippen molar-refractivity contribution in [2.24, 2.45) is 10.8 Å². The number of ketones is 2. The second kappa shape index (κ2) is 7.16. The Bertz CT molecular complexity index is 981. The van der Waals surface area contributed by atoms with Crippen molar-refractivity contribution in [3.8, 4) is 18.1 Å². The molecule has 0 unspecified atom stereocenters. The van der Waals surface area contributed by atoms with E-state index in [4.69, 9.17) is 11.2 Å². The lowest BCUT2D eigenvalue weighted by Crippen LogP contribution is -2.42. The van der Waals surface area contributed by atoms with E-state index in [1.807, 2.05) is 24.3 Å². The highest BCUT2D eigenvalue weighted by molar-refractivity contribution is 6.06. The Morgan fingerprint density at radius 3 is 2.10 bits per heavy atom. The van der Waals surface area contributed by atoms with Gasteiger partial charge in [0.25, 0.3) is 0 Å². The van der Waals surface area contributed by atoms with E-state index < -0.39 is 0 Å².